The SMILES string of the molecule is O=Cc1cc(Br)ccc1Br.O=Cc1cc(C(=O)O)ccc1C(=O)O. The molecule has 0 aromatic heterocycles. The van der Waals surface area contributed by atoms with Crippen LogP contribution in [-0.2, 0) is 0 Å². The van der Waals surface area contributed by atoms with Gasteiger partial charge in [0.05, 0.1) is 11.1 Å². The summed E-state index contributed by atoms with van der Waals surface area (Å²) in [5.41, 5.74) is 0.203. The maximum absolute atomic E-state index is 10.6. The van der Waals surface area contributed by atoms with E-state index in [0.717, 1.165) is 33.4 Å². The van der Waals surface area contributed by atoms with Crippen LogP contribution in [0.25, 0.3) is 0 Å². The summed E-state index contributed by atoms with van der Waals surface area (Å²) in [5, 5.41) is 17.2. The molecule has 0 unspecified atom stereocenters. The maximum Gasteiger partial charge on any atom is 0.336 e. The molecule has 0 aliphatic carbocycles. The Balaban J connectivity index is 0.000000254. The van der Waals surface area contributed by atoms with Gasteiger partial charge in [0.25, 0.3) is 0 Å². The van der Waals surface area contributed by atoms with Crippen molar-refractivity contribution < 1.29 is 29.4 Å². The summed E-state index contributed by atoms with van der Waals surface area (Å²) in [5.74, 6) is -2.46. The maximum atomic E-state index is 10.6. The van der Waals surface area contributed by atoms with E-state index in [1.165, 1.54) is 0 Å². The minimum atomic E-state index is -1.26. The third-order valence-electron chi connectivity index (χ3n) is 2.74. The van der Waals surface area contributed by atoms with Crippen LogP contribution in [0, 0.1) is 0 Å². The van der Waals surface area contributed by atoms with E-state index in [9.17, 15) is 19.2 Å². The summed E-state index contributed by atoms with van der Waals surface area (Å²) in [6.45, 7) is 0. The summed E-state index contributed by atoms with van der Waals surface area (Å²) >= 11 is 6.50. The molecule has 0 aliphatic heterocycles. The zero-order chi connectivity index (χ0) is 18.3. The predicted octanol–water partition coefficient (Wildman–Crippen LogP) is 3.92. The van der Waals surface area contributed by atoms with Gasteiger partial charge in [-0.25, -0.2) is 9.59 Å². The number of aldehydes is 2. The molecule has 0 atom stereocenters. The number of carboxylic acids is 2. The lowest BCUT2D eigenvalue weighted by Gasteiger charge is -2.00. The predicted molar refractivity (Wildman–Crippen MR) is 93.0 cm³/mol. The summed E-state index contributed by atoms with van der Waals surface area (Å²) in [4.78, 5) is 41.8. The second kappa shape index (κ2) is 9.09. The average Bonchev–Trinajstić information content (AvgIpc) is 2.56. The van der Waals surface area contributed by atoms with Gasteiger partial charge in [0, 0.05) is 20.1 Å². The van der Waals surface area contributed by atoms with Gasteiger partial charge in [0.1, 0.15) is 0 Å². The highest BCUT2D eigenvalue weighted by molar-refractivity contribution is 9.11. The molecule has 8 heteroatoms. The molecular formula is C16H10Br2O6. The lowest BCUT2D eigenvalue weighted by molar-refractivity contribution is 0.0680. The van der Waals surface area contributed by atoms with E-state index in [-0.39, 0.29) is 16.7 Å². The van der Waals surface area contributed by atoms with Crippen molar-refractivity contribution in [3.8, 4) is 0 Å². The van der Waals surface area contributed by atoms with E-state index in [2.05, 4.69) is 31.9 Å². The Hall–Kier alpha value is -2.32. The normalized spacial score (nSPS) is 9.42. The molecule has 2 rings (SSSR count). The van der Waals surface area contributed by atoms with Gasteiger partial charge in [0.2, 0.25) is 0 Å². The number of hydrogen-bond acceptors (Lipinski definition) is 4. The van der Waals surface area contributed by atoms with E-state index < -0.39 is 11.9 Å². The quantitative estimate of drug-likeness (QED) is 0.673. The van der Waals surface area contributed by atoms with Gasteiger partial charge in [0.15, 0.2) is 12.6 Å². The van der Waals surface area contributed by atoms with Crippen molar-refractivity contribution in [2.75, 3.05) is 0 Å². The summed E-state index contributed by atoms with van der Waals surface area (Å²) in [6.07, 6.45) is 1.13. The third-order valence-corrected chi connectivity index (χ3v) is 3.96. The molecule has 0 fully saturated rings. The highest BCUT2D eigenvalue weighted by Gasteiger charge is 2.12. The average molecular weight is 458 g/mol. The molecule has 0 saturated carbocycles. The molecule has 2 aromatic rings. The highest BCUT2D eigenvalue weighted by atomic mass is 79.9. The largest absolute Gasteiger partial charge is 0.478 e. The van der Waals surface area contributed by atoms with Crippen LogP contribution in [0.4, 0.5) is 0 Å². The topological polar surface area (TPSA) is 109 Å². The van der Waals surface area contributed by atoms with E-state index in [0.29, 0.717) is 11.8 Å². The van der Waals surface area contributed by atoms with Gasteiger partial charge in [-0.1, -0.05) is 31.9 Å². The molecule has 0 radical (unpaired) electrons. The summed E-state index contributed by atoms with van der Waals surface area (Å²) < 4.78 is 1.74. The smallest absolute Gasteiger partial charge is 0.336 e. The zero-order valence-corrected chi connectivity index (χ0v) is 15.1. The fourth-order valence-electron chi connectivity index (χ4n) is 1.59. The molecule has 2 aromatic carbocycles. The number of halogens is 2. The Labute approximate surface area is 153 Å². The van der Waals surface area contributed by atoms with Crippen molar-refractivity contribution in [2.24, 2.45) is 0 Å². The van der Waals surface area contributed by atoms with Crippen molar-refractivity contribution in [1.29, 1.82) is 0 Å². The number of aromatic carboxylic acids is 2. The third kappa shape index (κ3) is 5.39. The van der Waals surface area contributed by atoms with Crippen molar-refractivity contribution >= 4 is 56.4 Å². The number of rotatable bonds is 4. The van der Waals surface area contributed by atoms with Gasteiger partial charge in [-0.15, -0.1) is 0 Å². The molecule has 0 saturated heterocycles. The number of carbonyl (C=O) groups excluding carboxylic acids is 2. The first kappa shape index (κ1) is 19.7. The molecule has 0 spiro atoms. The molecule has 6 nitrogen and oxygen atoms in total. The Bertz CT molecular complexity index is 801. The first-order valence-electron chi connectivity index (χ1n) is 6.26. The van der Waals surface area contributed by atoms with Crippen molar-refractivity contribution in [3.05, 3.63) is 67.6 Å². The van der Waals surface area contributed by atoms with E-state index >= 15 is 0 Å². The fourth-order valence-corrected chi connectivity index (χ4v) is 2.31. The minimum Gasteiger partial charge on any atom is -0.478 e. The molecule has 0 bridgehead atoms. The van der Waals surface area contributed by atoms with Crippen LogP contribution in [0.1, 0.15) is 41.4 Å². The number of benzene rings is 2. The van der Waals surface area contributed by atoms with Gasteiger partial charge >= 0.3 is 11.9 Å². The molecule has 0 amide bonds. The van der Waals surface area contributed by atoms with Crippen LogP contribution in [0.5, 0.6) is 0 Å². The van der Waals surface area contributed by atoms with Crippen molar-refractivity contribution in [3.63, 3.8) is 0 Å². The molecular weight excluding hydrogens is 448 g/mol. The van der Waals surface area contributed by atoms with Crippen LogP contribution in [0.15, 0.2) is 45.3 Å². The molecule has 2 N–H and O–H groups in total. The summed E-state index contributed by atoms with van der Waals surface area (Å²) in [7, 11) is 0. The molecule has 24 heavy (non-hydrogen) atoms. The number of hydrogen-bond donors (Lipinski definition) is 2. The minimum absolute atomic E-state index is 0.114. The zero-order valence-electron chi connectivity index (χ0n) is 11.9. The van der Waals surface area contributed by atoms with E-state index in [1.807, 2.05) is 12.1 Å². The van der Waals surface area contributed by atoms with Gasteiger partial charge in [-0.2, -0.15) is 0 Å². The Morgan fingerprint density at radius 1 is 0.833 bits per heavy atom. The standard InChI is InChI=1S/C9H6O5.C7H4Br2O/c10-4-6-3-5(8(11)12)1-2-7(6)9(13)14;8-6-1-2-7(9)5(3-6)4-10/h1-4H,(H,11,12)(H,13,14);1-4H. The van der Waals surface area contributed by atoms with Crippen LogP contribution in [0.2, 0.25) is 0 Å². The molecule has 0 aliphatic rings. The molecule has 0 heterocycles. The second-order valence-electron chi connectivity index (χ2n) is 4.31. The first-order chi connectivity index (χ1) is 11.3. The van der Waals surface area contributed by atoms with Crippen LogP contribution in [-0.4, -0.2) is 34.7 Å². The molecule has 124 valence electrons. The number of carbonyl (C=O) groups is 4. The fraction of sp³-hybridized carbons (Fsp3) is 0. The monoisotopic (exact) mass is 456 g/mol. The van der Waals surface area contributed by atoms with Crippen LogP contribution >= 0.6 is 31.9 Å². The van der Waals surface area contributed by atoms with E-state index in [1.54, 1.807) is 6.07 Å². The van der Waals surface area contributed by atoms with Gasteiger partial charge in [-0.3, -0.25) is 9.59 Å². The van der Waals surface area contributed by atoms with Gasteiger partial charge < -0.3 is 10.2 Å². The van der Waals surface area contributed by atoms with Crippen LogP contribution in [0.3, 0.4) is 0 Å². The van der Waals surface area contributed by atoms with Crippen molar-refractivity contribution in [1.82, 2.24) is 0 Å². The van der Waals surface area contributed by atoms with Crippen LogP contribution < -0.4 is 0 Å². The first-order valence-corrected chi connectivity index (χ1v) is 7.84. The Morgan fingerprint density at radius 3 is 1.92 bits per heavy atom. The summed E-state index contributed by atoms with van der Waals surface area (Å²) in [6, 6.07) is 8.72. The second-order valence-corrected chi connectivity index (χ2v) is 6.08. The lowest BCUT2D eigenvalue weighted by atomic mass is 10.1. The Kier molecular flexibility index (Phi) is 7.47. The van der Waals surface area contributed by atoms with Crippen molar-refractivity contribution in [2.45, 2.75) is 0 Å². The number of carboxylic acid groups (broad SMARTS) is 2. The highest BCUT2D eigenvalue weighted by Crippen LogP contribution is 2.19. The lowest BCUT2D eigenvalue weighted by Crippen LogP contribution is -2.05. The van der Waals surface area contributed by atoms with Gasteiger partial charge in [-0.05, 0) is 36.4 Å². The Morgan fingerprint density at radius 2 is 1.46 bits per heavy atom. The van der Waals surface area contributed by atoms with E-state index in [4.69, 9.17) is 10.2 Å².